The molecular formula is C15H29ClN2O. The predicted molar refractivity (Wildman–Crippen MR) is 81.6 cm³/mol. The van der Waals surface area contributed by atoms with E-state index >= 15 is 0 Å². The molecule has 0 bridgehead atoms. The van der Waals surface area contributed by atoms with E-state index in [4.69, 9.17) is 0 Å². The number of hydrogen-bond acceptors (Lipinski definition) is 2. The van der Waals surface area contributed by atoms with Gasteiger partial charge < -0.3 is 10.2 Å². The third kappa shape index (κ3) is 2.78. The number of halogens is 1. The van der Waals surface area contributed by atoms with Gasteiger partial charge in [-0.25, -0.2) is 0 Å². The molecule has 0 aromatic rings. The van der Waals surface area contributed by atoms with Crippen molar-refractivity contribution in [2.45, 2.75) is 53.0 Å². The standard InChI is InChI=1S/C15H28N2O.ClH/c1-14(2)12(15(14,3)4)13(18)17(5)11-7-6-9-16-10-8-11;/h11-12,16H,6-10H2,1-5H3;1H. The Morgan fingerprint density at radius 1 is 1.11 bits per heavy atom. The second kappa shape index (κ2) is 5.61. The molecule has 1 heterocycles. The van der Waals surface area contributed by atoms with Crippen LogP contribution in [0.25, 0.3) is 0 Å². The summed E-state index contributed by atoms with van der Waals surface area (Å²) in [4.78, 5) is 14.7. The van der Waals surface area contributed by atoms with E-state index in [0.717, 1.165) is 25.9 Å². The number of carbonyl (C=O) groups is 1. The molecule has 2 rings (SSSR count). The van der Waals surface area contributed by atoms with Gasteiger partial charge in [-0.05, 0) is 43.2 Å². The fraction of sp³-hybridized carbons (Fsp3) is 0.933. The molecule has 0 spiro atoms. The van der Waals surface area contributed by atoms with Gasteiger partial charge in [-0.1, -0.05) is 27.7 Å². The summed E-state index contributed by atoms with van der Waals surface area (Å²) in [6.45, 7) is 11.0. The van der Waals surface area contributed by atoms with Crippen LogP contribution in [0.15, 0.2) is 0 Å². The Kier molecular flexibility index (Phi) is 4.95. The highest BCUT2D eigenvalue weighted by Crippen LogP contribution is 2.68. The summed E-state index contributed by atoms with van der Waals surface area (Å²) in [7, 11) is 2.00. The molecule has 1 N–H and O–H groups in total. The van der Waals surface area contributed by atoms with Gasteiger partial charge in [-0.3, -0.25) is 4.79 Å². The molecule has 2 aliphatic rings. The molecule has 1 saturated carbocycles. The van der Waals surface area contributed by atoms with Crippen molar-refractivity contribution in [2.75, 3.05) is 20.1 Å². The number of nitrogens with one attached hydrogen (secondary N) is 1. The van der Waals surface area contributed by atoms with Crippen molar-refractivity contribution in [3.8, 4) is 0 Å². The molecule has 1 amide bonds. The summed E-state index contributed by atoms with van der Waals surface area (Å²) in [5.74, 6) is 0.558. The second-order valence-electron chi connectivity index (χ2n) is 7.16. The van der Waals surface area contributed by atoms with Crippen molar-refractivity contribution in [3.63, 3.8) is 0 Å². The molecule has 1 aliphatic heterocycles. The fourth-order valence-corrected chi connectivity index (χ4v) is 3.59. The maximum atomic E-state index is 12.7. The Balaban J connectivity index is 0.00000180. The minimum atomic E-state index is 0. The normalized spacial score (nSPS) is 29.0. The number of nitrogens with zero attached hydrogens (tertiary/aromatic N) is 1. The maximum Gasteiger partial charge on any atom is 0.226 e. The minimum Gasteiger partial charge on any atom is -0.342 e. The first-order valence-electron chi connectivity index (χ1n) is 7.27. The van der Waals surface area contributed by atoms with Crippen LogP contribution in [-0.2, 0) is 4.79 Å². The van der Waals surface area contributed by atoms with Crippen molar-refractivity contribution in [1.82, 2.24) is 10.2 Å². The van der Waals surface area contributed by atoms with Crippen LogP contribution in [0.4, 0.5) is 0 Å². The quantitative estimate of drug-likeness (QED) is 0.847. The average molecular weight is 289 g/mol. The van der Waals surface area contributed by atoms with E-state index in [1.165, 1.54) is 6.42 Å². The predicted octanol–water partition coefficient (Wildman–Crippen LogP) is 2.69. The first-order valence-corrected chi connectivity index (χ1v) is 7.27. The van der Waals surface area contributed by atoms with Gasteiger partial charge in [-0.15, -0.1) is 12.4 Å². The van der Waals surface area contributed by atoms with Crippen LogP contribution in [0.1, 0.15) is 47.0 Å². The largest absolute Gasteiger partial charge is 0.342 e. The number of rotatable bonds is 2. The van der Waals surface area contributed by atoms with E-state index in [2.05, 4.69) is 33.0 Å². The lowest BCUT2D eigenvalue weighted by Crippen LogP contribution is -2.39. The Hall–Kier alpha value is -0.280. The van der Waals surface area contributed by atoms with Crippen molar-refractivity contribution in [1.29, 1.82) is 0 Å². The van der Waals surface area contributed by atoms with E-state index in [0.29, 0.717) is 11.9 Å². The topological polar surface area (TPSA) is 32.3 Å². The monoisotopic (exact) mass is 288 g/mol. The lowest BCUT2D eigenvalue weighted by Gasteiger charge is -2.28. The van der Waals surface area contributed by atoms with E-state index in [1.807, 2.05) is 11.9 Å². The van der Waals surface area contributed by atoms with Crippen LogP contribution < -0.4 is 5.32 Å². The highest BCUT2D eigenvalue weighted by atomic mass is 35.5. The fourth-order valence-electron chi connectivity index (χ4n) is 3.59. The van der Waals surface area contributed by atoms with Gasteiger partial charge in [0.05, 0.1) is 0 Å². The lowest BCUT2D eigenvalue weighted by molar-refractivity contribution is -0.134. The van der Waals surface area contributed by atoms with Gasteiger partial charge in [-0.2, -0.15) is 0 Å². The van der Waals surface area contributed by atoms with Crippen LogP contribution >= 0.6 is 12.4 Å². The highest BCUT2D eigenvalue weighted by molar-refractivity contribution is 5.85. The smallest absolute Gasteiger partial charge is 0.226 e. The van der Waals surface area contributed by atoms with Crippen LogP contribution in [0.3, 0.4) is 0 Å². The van der Waals surface area contributed by atoms with Crippen molar-refractivity contribution >= 4 is 18.3 Å². The molecule has 1 aliphatic carbocycles. The first-order chi connectivity index (χ1) is 8.30. The van der Waals surface area contributed by atoms with Crippen LogP contribution in [0.2, 0.25) is 0 Å². The zero-order chi connectivity index (χ0) is 13.6. The third-order valence-corrected chi connectivity index (χ3v) is 5.71. The Labute approximate surface area is 123 Å². The van der Waals surface area contributed by atoms with Crippen molar-refractivity contribution in [3.05, 3.63) is 0 Å². The maximum absolute atomic E-state index is 12.7. The molecule has 0 aromatic heterocycles. The molecule has 0 aromatic carbocycles. The Morgan fingerprint density at radius 2 is 1.68 bits per heavy atom. The molecule has 1 saturated heterocycles. The van der Waals surface area contributed by atoms with Gasteiger partial charge in [0.25, 0.3) is 0 Å². The number of carbonyl (C=O) groups excluding carboxylic acids is 1. The van der Waals surface area contributed by atoms with Crippen molar-refractivity contribution < 1.29 is 4.79 Å². The van der Waals surface area contributed by atoms with Gasteiger partial charge >= 0.3 is 0 Å². The zero-order valence-electron chi connectivity index (χ0n) is 13.0. The SMILES string of the molecule is CN(C(=O)C1C(C)(C)C1(C)C)C1CCCNCC1.Cl. The van der Waals surface area contributed by atoms with Crippen LogP contribution in [0.5, 0.6) is 0 Å². The van der Waals surface area contributed by atoms with Crippen molar-refractivity contribution in [2.24, 2.45) is 16.7 Å². The third-order valence-electron chi connectivity index (χ3n) is 5.71. The van der Waals surface area contributed by atoms with Crippen LogP contribution in [-0.4, -0.2) is 37.0 Å². The summed E-state index contributed by atoms with van der Waals surface area (Å²) >= 11 is 0. The summed E-state index contributed by atoms with van der Waals surface area (Å²) in [6, 6.07) is 0.430. The van der Waals surface area contributed by atoms with Gasteiger partial charge in [0.2, 0.25) is 5.91 Å². The number of amides is 1. The van der Waals surface area contributed by atoms with Gasteiger partial charge in [0.15, 0.2) is 0 Å². The first kappa shape index (κ1) is 16.8. The molecule has 19 heavy (non-hydrogen) atoms. The molecule has 1 unspecified atom stereocenters. The summed E-state index contributed by atoms with van der Waals surface area (Å²) < 4.78 is 0. The molecule has 4 heteroatoms. The highest BCUT2D eigenvalue weighted by Gasteiger charge is 2.68. The number of hydrogen-bond donors (Lipinski definition) is 1. The Bertz CT molecular complexity index is 319. The average Bonchev–Trinajstić information content (AvgIpc) is 2.84. The minimum absolute atomic E-state index is 0. The zero-order valence-corrected chi connectivity index (χ0v) is 13.8. The Morgan fingerprint density at radius 3 is 2.21 bits per heavy atom. The second-order valence-corrected chi connectivity index (χ2v) is 7.16. The van der Waals surface area contributed by atoms with Gasteiger partial charge in [0.1, 0.15) is 0 Å². The molecule has 112 valence electrons. The lowest BCUT2D eigenvalue weighted by atomic mass is 10.0. The van der Waals surface area contributed by atoms with Crippen LogP contribution in [0, 0.1) is 16.7 Å². The molecule has 1 atom stereocenters. The molecular weight excluding hydrogens is 260 g/mol. The summed E-state index contributed by atoms with van der Waals surface area (Å²) in [5.41, 5.74) is 0.308. The summed E-state index contributed by atoms with van der Waals surface area (Å²) in [5, 5.41) is 3.41. The molecule has 0 radical (unpaired) electrons. The van der Waals surface area contributed by atoms with E-state index < -0.39 is 0 Å². The van der Waals surface area contributed by atoms with E-state index in [-0.39, 0.29) is 29.2 Å². The molecule has 2 fully saturated rings. The molecule has 3 nitrogen and oxygen atoms in total. The summed E-state index contributed by atoms with van der Waals surface area (Å²) in [6.07, 6.45) is 3.42. The van der Waals surface area contributed by atoms with Gasteiger partial charge in [0, 0.05) is 19.0 Å². The van der Waals surface area contributed by atoms with E-state index in [1.54, 1.807) is 0 Å². The van der Waals surface area contributed by atoms with E-state index in [9.17, 15) is 4.79 Å².